The Balaban J connectivity index is 2.08. The first-order chi connectivity index (χ1) is 10.1. The van der Waals surface area contributed by atoms with Crippen molar-refractivity contribution in [1.82, 2.24) is 4.98 Å². The molecule has 0 fully saturated rings. The molecule has 112 valence electrons. The van der Waals surface area contributed by atoms with Crippen LogP contribution in [-0.2, 0) is 4.74 Å². The summed E-state index contributed by atoms with van der Waals surface area (Å²) in [6.07, 6.45) is 0. The van der Waals surface area contributed by atoms with E-state index >= 15 is 0 Å². The fourth-order valence-corrected chi connectivity index (χ4v) is 2.12. The van der Waals surface area contributed by atoms with Crippen LogP contribution in [0.25, 0.3) is 10.9 Å². The van der Waals surface area contributed by atoms with Gasteiger partial charge in [-0.15, -0.1) is 0 Å². The van der Waals surface area contributed by atoms with E-state index in [1.165, 1.54) is 0 Å². The molecule has 1 aromatic carbocycles. The molecule has 2 rings (SSSR count). The molecular weight excluding hydrogens is 284 g/mol. The summed E-state index contributed by atoms with van der Waals surface area (Å²) in [7, 11) is 0. The Bertz CT molecular complexity index is 629. The van der Waals surface area contributed by atoms with Crippen LogP contribution in [0.2, 0.25) is 0 Å². The largest absolute Gasteiger partial charge is 0.475 e. The highest BCUT2D eigenvalue weighted by Gasteiger charge is 2.08. The minimum absolute atomic E-state index is 0.342. The van der Waals surface area contributed by atoms with Crippen molar-refractivity contribution in [2.45, 2.75) is 13.8 Å². The number of para-hydroxylation sites is 1. The average molecular weight is 304 g/mol. The Morgan fingerprint density at radius 2 is 2.05 bits per heavy atom. The monoisotopic (exact) mass is 304 g/mol. The van der Waals surface area contributed by atoms with Crippen molar-refractivity contribution in [1.29, 1.82) is 0 Å². The number of nitrogens with two attached hydrogens (primary N) is 1. The summed E-state index contributed by atoms with van der Waals surface area (Å²) in [5.74, 6) is 1.04. The summed E-state index contributed by atoms with van der Waals surface area (Å²) in [5.41, 5.74) is 7.39. The number of nitrogens with zero attached hydrogens (tertiary/aromatic N) is 1. The molecule has 0 spiro atoms. The maximum Gasteiger partial charge on any atom is 0.214 e. The first-order valence-electron chi connectivity index (χ1n) is 6.98. The molecule has 0 radical (unpaired) electrons. The highest BCUT2D eigenvalue weighted by atomic mass is 32.1. The van der Waals surface area contributed by atoms with Crippen molar-refractivity contribution in [2.75, 3.05) is 19.8 Å². The zero-order valence-corrected chi connectivity index (χ0v) is 13.2. The number of thiocarbonyl (C=S) groups is 1. The molecule has 0 aliphatic carbocycles. The lowest BCUT2D eigenvalue weighted by Crippen LogP contribution is -2.13. The van der Waals surface area contributed by atoms with Gasteiger partial charge in [-0.3, -0.25) is 0 Å². The molecule has 4 nitrogen and oxygen atoms in total. The van der Waals surface area contributed by atoms with Crippen LogP contribution in [0, 0.1) is 5.92 Å². The Kier molecular flexibility index (Phi) is 5.47. The van der Waals surface area contributed by atoms with Gasteiger partial charge in [-0.05, 0) is 12.0 Å². The molecule has 1 heterocycles. The first-order valence-corrected chi connectivity index (χ1v) is 7.39. The third kappa shape index (κ3) is 4.37. The molecule has 1 aromatic heterocycles. The molecule has 0 atom stereocenters. The smallest absolute Gasteiger partial charge is 0.214 e. The molecule has 21 heavy (non-hydrogen) atoms. The minimum atomic E-state index is 0.342. The molecule has 2 N–H and O–H groups in total. The van der Waals surface area contributed by atoms with E-state index in [1.807, 2.05) is 24.3 Å². The topological polar surface area (TPSA) is 57.4 Å². The first kappa shape index (κ1) is 15.7. The zero-order chi connectivity index (χ0) is 15.2. The summed E-state index contributed by atoms with van der Waals surface area (Å²) < 4.78 is 11.1. The molecule has 0 unspecified atom stereocenters. The Hall–Kier alpha value is -1.72. The number of hydrogen-bond donors (Lipinski definition) is 1. The van der Waals surface area contributed by atoms with Gasteiger partial charge in [0, 0.05) is 23.6 Å². The van der Waals surface area contributed by atoms with Crippen molar-refractivity contribution in [3.63, 3.8) is 0 Å². The molecule has 0 aliphatic heterocycles. The van der Waals surface area contributed by atoms with Gasteiger partial charge in [-0.25, -0.2) is 4.98 Å². The van der Waals surface area contributed by atoms with Gasteiger partial charge in [0.1, 0.15) is 11.6 Å². The second-order valence-electron chi connectivity index (χ2n) is 5.21. The van der Waals surface area contributed by atoms with E-state index in [0.717, 1.165) is 23.1 Å². The second kappa shape index (κ2) is 7.33. The van der Waals surface area contributed by atoms with E-state index < -0.39 is 0 Å². The third-order valence-electron chi connectivity index (χ3n) is 2.89. The molecule has 0 amide bonds. The van der Waals surface area contributed by atoms with Crippen LogP contribution in [0.1, 0.15) is 19.4 Å². The second-order valence-corrected chi connectivity index (χ2v) is 5.65. The Morgan fingerprint density at radius 3 is 2.76 bits per heavy atom. The Morgan fingerprint density at radius 1 is 1.29 bits per heavy atom. The number of benzene rings is 1. The quantitative estimate of drug-likeness (QED) is 0.629. The molecule has 2 aromatic rings. The van der Waals surface area contributed by atoms with E-state index in [2.05, 4.69) is 18.8 Å². The van der Waals surface area contributed by atoms with Crippen LogP contribution < -0.4 is 10.5 Å². The van der Waals surface area contributed by atoms with Crippen molar-refractivity contribution in [3.8, 4) is 5.88 Å². The number of aromatic nitrogens is 1. The number of ether oxygens (including phenoxy) is 2. The van der Waals surface area contributed by atoms with Gasteiger partial charge in [0.2, 0.25) is 5.88 Å². The lowest BCUT2D eigenvalue weighted by Gasteiger charge is -2.11. The molecule has 0 aliphatic rings. The third-order valence-corrected chi connectivity index (χ3v) is 3.11. The van der Waals surface area contributed by atoms with E-state index in [0.29, 0.717) is 30.0 Å². The van der Waals surface area contributed by atoms with E-state index in [9.17, 15) is 0 Å². The summed E-state index contributed by atoms with van der Waals surface area (Å²) in [6, 6.07) is 9.51. The lowest BCUT2D eigenvalue weighted by atomic mass is 10.1. The minimum Gasteiger partial charge on any atom is -0.475 e. The fourth-order valence-electron chi connectivity index (χ4n) is 1.95. The highest BCUT2D eigenvalue weighted by Crippen LogP contribution is 2.21. The molecule has 5 heteroatoms. The molecular formula is C16H20N2O2S. The normalized spacial score (nSPS) is 11.0. The van der Waals surface area contributed by atoms with Gasteiger partial charge >= 0.3 is 0 Å². The van der Waals surface area contributed by atoms with Gasteiger partial charge < -0.3 is 15.2 Å². The standard InChI is InChI=1S/C16H20N2O2S/c1-11(2)10-19-7-8-20-15-9-13(16(17)21)12-5-3-4-6-14(12)18-15/h3-6,9,11H,7-8,10H2,1-2H3,(H2,17,21). The lowest BCUT2D eigenvalue weighted by molar-refractivity contribution is 0.0807. The summed E-state index contributed by atoms with van der Waals surface area (Å²) in [4.78, 5) is 4.80. The number of hydrogen-bond acceptors (Lipinski definition) is 4. The number of rotatable bonds is 7. The van der Waals surface area contributed by atoms with Crippen LogP contribution in [-0.4, -0.2) is 29.8 Å². The Labute approximate surface area is 130 Å². The van der Waals surface area contributed by atoms with Crippen LogP contribution in [0.3, 0.4) is 0 Å². The van der Waals surface area contributed by atoms with Crippen LogP contribution >= 0.6 is 12.2 Å². The maximum absolute atomic E-state index is 5.78. The highest BCUT2D eigenvalue weighted by molar-refractivity contribution is 7.80. The summed E-state index contributed by atoms with van der Waals surface area (Å²) >= 11 is 5.10. The van der Waals surface area contributed by atoms with Crippen molar-refractivity contribution in [3.05, 3.63) is 35.9 Å². The van der Waals surface area contributed by atoms with Crippen LogP contribution in [0.4, 0.5) is 0 Å². The molecule has 0 saturated heterocycles. The molecule has 0 bridgehead atoms. The van der Waals surface area contributed by atoms with E-state index in [1.54, 1.807) is 6.07 Å². The van der Waals surface area contributed by atoms with Gasteiger partial charge in [0.25, 0.3) is 0 Å². The fraction of sp³-hybridized carbons (Fsp3) is 0.375. The number of pyridine rings is 1. The van der Waals surface area contributed by atoms with Gasteiger partial charge in [0.05, 0.1) is 12.1 Å². The average Bonchev–Trinajstić information content (AvgIpc) is 2.45. The predicted octanol–water partition coefficient (Wildman–Crippen LogP) is 2.92. The van der Waals surface area contributed by atoms with Gasteiger partial charge in [-0.1, -0.05) is 44.3 Å². The summed E-state index contributed by atoms with van der Waals surface area (Å²) in [5, 5.41) is 0.938. The van der Waals surface area contributed by atoms with E-state index in [4.69, 9.17) is 27.4 Å². The maximum atomic E-state index is 5.78. The molecule has 0 saturated carbocycles. The van der Waals surface area contributed by atoms with Crippen molar-refractivity contribution >= 4 is 28.1 Å². The zero-order valence-electron chi connectivity index (χ0n) is 12.3. The van der Waals surface area contributed by atoms with Crippen molar-refractivity contribution in [2.24, 2.45) is 11.7 Å². The van der Waals surface area contributed by atoms with Crippen LogP contribution in [0.5, 0.6) is 5.88 Å². The summed E-state index contributed by atoms with van der Waals surface area (Å²) in [6.45, 7) is 5.94. The van der Waals surface area contributed by atoms with Crippen molar-refractivity contribution < 1.29 is 9.47 Å². The van der Waals surface area contributed by atoms with Gasteiger partial charge in [-0.2, -0.15) is 0 Å². The number of fused-ring (bicyclic) bond motifs is 1. The predicted molar refractivity (Wildman–Crippen MR) is 88.8 cm³/mol. The van der Waals surface area contributed by atoms with Crippen LogP contribution in [0.15, 0.2) is 30.3 Å². The van der Waals surface area contributed by atoms with Gasteiger partial charge in [0.15, 0.2) is 0 Å². The SMILES string of the molecule is CC(C)COCCOc1cc(C(N)=S)c2ccccc2n1. The van der Waals surface area contributed by atoms with E-state index in [-0.39, 0.29) is 0 Å².